The number of aryl methyl sites for hydroxylation is 1. The summed E-state index contributed by atoms with van der Waals surface area (Å²) in [4.78, 5) is 17.9. The Kier molecular flexibility index (Phi) is 6.38. The summed E-state index contributed by atoms with van der Waals surface area (Å²) in [6.07, 6.45) is 3.39. The predicted molar refractivity (Wildman–Crippen MR) is 121 cm³/mol. The SMILES string of the molecule is CC[NH+]1CCC(NC(=O)CCc2c(-c3ccc(OC)cc3)[nH]c3ccccc23)CC1. The van der Waals surface area contributed by atoms with Crippen molar-refractivity contribution in [3.63, 3.8) is 0 Å². The molecule has 1 aliphatic heterocycles. The number of ether oxygens (including phenoxy) is 1. The van der Waals surface area contributed by atoms with Gasteiger partial charge in [-0.2, -0.15) is 0 Å². The van der Waals surface area contributed by atoms with Gasteiger partial charge in [0.1, 0.15) is 5.75 Å². The minimum Gasteiger partial charge on any atom is -0.497 e. The van der Waals surface area contributed by atoms with Crippen LogP contribution in [-0.2, 0) is 11.2 Å². The van der Waals surface area contributed by atoms with Crippen LogP contribution in [0, 0.1) is 0 Å². The molecule has 158 valence electrons. The monoisotopic (exact) mass is 406 g/mol. The molecular weight excluding hydrogens is 374 g/mol. The molecule has 0 spiro atoms. The largest absolute Gasteiger partial charge is 0.497 e. The summed E-state index contributed by atoms with van der Waals surface area (Å²) in [6, 6.07) is 16.7. The molecule has 0 unspecified atom stereocenters. The Morgan fingerprint density at radius 3 is 2.57 bits per heavy atom. The number of carbonyl (C=O) groups excluding carboxylic acids is 1. The third kappa shape index (κ3) is 4.51. The molecule has 0 bridgehead atoms. The van der Waals surface area contributed by atoms with E-state index in [0.717, 1.165) is 54.9 Å². The Morgan fingerprint density at radius 2 is 1.87 bits per heavy atom. The summed E-state index contributed by atoms with van der Waals surface area (Å²) in [5.74, 6) is 0.998. The Balaban J connectivity index is 1.48. The average molecular weight is 407 g/mol. The number of rotatable bonds is 7. The molecular formula is C25H32N3O2+. The number of quaternary nitrogens is 1. The van der Waals surface area contributed by atoms with Crippen LogP contribution >= 0.6 is 0 Å². The molecule has 1 aliphatic rings. The number of benzene rings is 2. The Bertz CT molecular complexity index is 985. The molecule has 2 heterocycles. The first-order valence-corrected chi connectivity index (χ1v) is 11.0. The summed E-state index contributed by atoms with van der Waals surface area (Å²) in [6.45, 7) is 5.72. The zero-order chi connectivity index (χ0) is 20.9. The highest BCUT2D eigenvalue weighted by Crippen LogP contribution is 2.32. The summed E-state index contributed by atoms with van der Waals surface area (Å²) in [5, 5.41) is 4.46. The highest BCUT2D eigenvalue weighted by molar-refractivity contribution is 5.91. The molecule has 1 amide bonds. The number of carbonyl (C=O) groups is 1. The second kappa shape index (κ2) is 9.35. The van der Waals surface area contributed by atoms with E-state index in [9.17, 15) is 4.79 Å². The lowest BCUT2D eigenvalue weighted by molar-refractivity contribution is -0.903. The van der Waals surface area contributed by atoms with Crippen LogP contribution in [0.1, 0.15) is 31.7 Å². The minimum atomic E-state index is 0.158. The summed E-state index contributed by atoms with van der Waals surface area (Å²) in [7, 11) is 1.68. The minimum absolute atomic E-state index is 0.158. The first-order valence-electron chi connectivity index (χ1n) is 11.0. The molecule has 5 heteroatoms. The fourth-order valence-corrected chi connectivity index (χ4v) is 4.53. The van der Waals surface area contributed by atoms with Gasteiger partial charge in [0, 0.05) is 41.9 Å². The lowest BCUT2D eigenvalue weighted by Gasteiger charge is -2.29. The van der Waals surface area contributed by atoms with Gasteiger partial charge in [0.15, 0.2) is 0 Å². The second-order valence-corrected chi connectivity index (χ2v) is 8.20. The summed E-state index contributed by atoms with van der Waals surface area (Å²) < 4.78 is 5.29. The van der Waals surface area contributed by atoms with Gasteiger partial charge in [-0.25, -0.2) is 0 Å². The number of methoxy groups -OCH3 is 1. The number of hydrogen-bond donors (Lipinski definition) is 3. The zero-order valence-corrected chi connectivity index (χ0v) is 18.0. The van der Waals surface area contributed by atoms with E-state index in [-0.39, 0.29) is 5.91 Å². The third-order valence-corrected chi connectivity index (χ3v) is 6.35. The van der Waals surface area contributed by atoms with Gasteiger partial charge in [0.25, 0.3) is 0 Å². The van der Waals surface area contributed by atoms with Gasteiger partial charge in [-0.3, -0.25) is 4.79 Å². The van der Waals surface area contributed by atoms with Crippen LogP contribution < -0.4 is 15.0 Å². The molecule has 2 aromatic carbocycles. The van der Waals surface area contributed by atoms with Crippen molar-refractivity contribution < 1.29 is 14.4 Å². The lowest BCUT2D eigenvalue weighted by atomic mass is 10.00. The molecule has 1 saturated heterocycles. The van der Waals surface area contributed by atoms with Gasteiger partial charge in [-0.1, -0.05) is 18.2 Å². The van der Waals surface area contributed by atoms with E-state index in [1.54, 1.807) is 12.0 Å². The van der Waals surface area contributed by atoms with Crippen molar-refractivity contribution in [2.45, 2.75) is 38.6 Å². The molecule has 3 N–H and O–H groups in total. The van der Waals surface area contributed by atoms with E-state index < -0.39 is 0 Å². The normalized spacial score (nSPS) is 19.0. The van der Waals surface area contributed by atoms with E-state index in [4.69, 9.17) is 4.74 Å². The average Bonchev–Trinajstić information content (AvgIpc) is 3.17. The molecule has 5 nitrogen and oxygen atoms in total. The van der Waals surface area contributed by atoms with Crippen molar-refractivity contribution in [1.29, 1.82) is 0 Å². The van der Waals surface area contributed by atoms with Crippen molar-refractivity contribution in [3.05, 3.63) is 54.1 Å². The maximum atomic E-state index is 12.7. The number of para-hydroxylation sites is 1. The fourth-order valence-electron chi connectivity index (χ4n) is 4.53. The van der Waals surface area contributed by atoms with Crippen molar-refractivity contribution in [2.24, 2.45) is 0 Å². The lowest BCUT2D eigenvalue weighted by Crippen LogP contribution is -3.13. The van der Waals surface area contributed by atoms with Crippen molar-refractivity contribution >= 4 is 16.8 Å². The van der Waals surface area contributed by atoms with Gasteiger partial charge in [-0.15, -0.1) is 0 Å². The number of H-pyrrole nitrogens is 1. The predicted octanol–water partition coefficient (Wildman–Crippen LogP) is 2.96. The molecule has 4 rings (SSSR count). The highest BCUT2D eigenvalue weighted by Gasteiger charge is 2.22. The van der Waals surface area contributed by atoms with Gasteiger partial charge in [0.2, 0.25) is 5.91 Å². The number of fused-ring (bicyclic) bond motifs is 1. The van der Waals surface area contributed by atoms with Gasteiger partial charge in [0.05, 0.1) is 26.7 Å². The summed E-state index contributed by atoms with van der Waals surface area (Å²) in [5.41, 5.74) is 4.51. The van der Waals surface area contributed by atoms with Gasteiger partial charge < -0.3 is 19.9 Å². The number of aromatic amines is 1. The molecule has 1 aromatic heterocycles. The molecule has 0 atom stereocenters. The molecule has 3 aromatic rings. The quantitative estimate of drug-likeness (QED) is 0.565. The van der Waals surface area contributed by atoms with Crippen LogP contribution in [0.5, 0.6) is 5.75 Å². The Hall–Kier alpha value is -2.79. The topological polar surface area (TPSA) is 58.6 Å². The summed E-state index contributed by atoms with van der Waals surface area (Å²) >= 11 is 0. The first kappa shape index (κ1) is 20.5. The second-order valence-electron chi connectivity index (χ2n) is 8.20. The van der Waals surface area contributed by atoms with Crippen LogP contribution in [-0.4, -0.2) is 43.7 Å². The van der Waals surface area contributed by atoms with Gasteiger partial charge >= 0.3 is 0 Å². The molecule has 1 fully saturated rings. The number of amides is 1. The Morgan fingerprint density at radius 1 is 1.13 bits per heavy atom. The van der Waals surface area contributed by atoms with Crippen LogP contribution in [0.3, 0.4) is 0 Å². The van der Waals surface area contributed by atoms with Crippen LogP contribution in [0.2, 0.25) is 0 Å². The van der Waals surface area contributed by atoms with Crippen LogP contribution in [0.4, 0.5) is 0 Å². The third-order valence-electron chi connectivity index (χ3n) is 6.35. The number of hydrogen-bond acceptors (Lipinski definition) is 2. The Labute approximate surface area is 178 Å². The number of piperidine rings is 1. The van der Waals surface area contributed by atoms with E-state index >= 15 is 0 Å². The van der Waals surface area contributed by atoms with Crippen LogP contribution in [0.25, 0.3) is 22.2 Å². The van der Waals surface area contributed by atoms with Crippen molar-refractivity contribution in [3.8, 4) is 17.0 Å². The van der Waals surface area contributed by atoms with E-state index in [1.807, 2.05) is 18.2 Å². The van der Waals surface area contributed by atoms with Crippen molar-refractivity contribution in [2.75, 3.05) is 26.7 Å². The molecule has 0 radical (unpaired) electrons. The molecule has 0 aliphatic carbocycles. The number of aromatic nitrogens is 1. The molecule has 0 saturated carbocycles. The maximum absolute atomic E-state index is 12.7. The van der Waals surface area contributed by atoms with E-state index in [0.29, 0.717) is 12.5 Å². The standard InChI is InChI=1S/C25H31N3O2/c1-3-28-16-14-19(15-17-28)26-24(29)13-12-22-21-6-4-5-7-23(21)27-25(22)18-8-10-20(30-2)11-9-18/h4-11,19,27H,3,12-17H2,1-2H3,(H,26,29)/p+1. The highest BCUT2D eigenvalue weighted by atomic mass is 16.5. The number of likely N-dealkylation sites (tertiary alicyclic amines) is 1. The number of nitrogens with one attached hydrogen (secondary N) is 3. The fraction of sp³-hybridized carbons (Fsp3) is 0.400. The van der Waals surface area contributed by atoms with Crippen LogP contribution in [0.15, 0.2) is 48.5 Å². The smallest absolute Gasteiger partial charge is 0.220 e. The maximum Gasteiger partial charge on any atom is 0.220 e. The van der Waals surface area contributed by atoms with Crippen molar-refractivity contribution in [1.82, 2.24) is 10.3 Å². The van der Waals surface area contributed by atoms with E-state index in [1.165, 1.54) is 17.5 Å². The first-order chi connectivity index (χ1) is 14.7. The van der Waals surface area contributed by atoms with Gasteiger partial charge in [-0.05, 0) is 54.8 Å². The zero-order valence-electron chi connectivity index (χ0n) is 18.0. The molecule has 30 heavy (non-hydrogen) atoms. The van der Waals surface area contributed by atoms with E-state index in [2.05, 4.69) is 47.6 Å².